The van der Waals surface area contributed by atoms with Gasteiger partial charge in [0, 0.05) is 22.6 Å². The molecule has 0 atom stereocenters. The number of nitrogens with one attached hydrogen (secondary N) is 3. The highest BCUT2D eigenvalue weighted by Gasteiger charge is 2.20. The molecule has 2 amide bonds. The van der Waals surface area contributed by atoms with Crippen molar-refractivity contribution in [1.29, 1.82) is 0 Å². The lowest BCUT2D eigenvalue weighted by Crippen LogP contribution is -2.41. The van der Waals surface area contributed by atoms with Gasteiger partial charge in [-0.1, -0.05) is 24.3 Å². The molecule has 1 aromatic heterocycles. The van der Waals surface area contributed by atoms with Crippen molar-refractivity contribution in [2.75, 3.05) is 0 Å². The van der Waals surface area contributed by atoms with Crippen molar-refractivity contribution in [3.63, 3.8) is 0 Å². The van der Waals surface area contributed by atoms with Crippen molar-refractivity contribution >= 4 is 32.8 Å². The molecular weight excluding hydrogens is 394 g/mol. The van der Waals surface area contributed by atoms with Crippen LogP contribution in [0.15, 0.2) is 57.8 Å². The predicted molar refractivity (Wildman–Crippen MR) is 108 cm³/mol. The van der Waals surface area contributed by atoms with E-state index in [1.54, 1.807) is 32.9 Å². The van der Waals surface area contributed by atoms with Gasteiger partial charge in [0.25, 0.3) is 5.91 Å². The first-order valence-electron chi connectivity index (χ1n) is 8.90. The van der Waals surface area contributed by atoms with E-state index >= 15 is 0 Å². The Bertz CT molecular complexity index is 1180. The van der Waals surface area contributed by atoms with Gasteiger partial charge in [-0.2, -0.15) is 0 Å². The second-order valence-corrected chi connectivity index (χ2v) is 8.48. The maximum absolute atomic E-state index is 12.4. The quantitative estimate of drug-likeness (QED) is 0.554. The van der Waals surface area contributed by atoms with Crippen molar-refractivity contribution in [2.24, 2.45) is 0 Å². The van der Waals surface area contributed by atoms with Crippen LogP contribution in [-0.4, -0.2) is 26.3 Å². The van der Waals surface area contributed by atoms with Crippen LogP contribution in [-0.2, 0) is 10.0 Å². The van der Waals surface area contributed by atoms with Gasteiger partial charge in [-0.15, -0.1) is 0 Å². The maximum Gasteiger partial charge on any atom is 0.305 e. The van der Waals surface area contributed by atoms with Gasteiger partial charge >= 0.3 is 5.91 Å². The van der Waals surface area contributed by atoms with Crippen molar-refractivity contribution in [2.45, 2.75) is 31.7 Å². The number of rotatable bonds is 5. The van der Waals surface area contributed by atoms with Crippen LogP contribution in [0.5, 0.6) is 0 Å². The Hall–Kier alpha value is -3.17. The Morgan fingerprint density at radius 1 is 0.966 bits per heavy atom. The van der Waals surface area contributed by atoms with Gasteiger partial charge in [0.1, 0.15) is 5.58 Å². The van der Waals surface area contributed by atoms with Crippen LogP contribution in [0.25, 0.3) is 11.0 Å². The van der Waals surface area contributed by atoms with Crippen molar-refractivity contribution in [1.82, 2.24) is 15.6 Å². The summed E-state index contributed by atoms with van der Waals surface area (Å²) in [4.78, 5) is 24.7. The molecule has 0 saturated heterocycles. The number of hydrogen-bond donors (Lipinski definition) is 3. The highest BCUT2D eigenvalue weighted by atomic mass is 32.2. The first-order valence-corrected chi connectivity index (χ1v) is 10.4. The Morgan fingerprint density at radius 3 is 2.34 bits per heavy atom. The van der Waals surface area contributed by atoms with Crippen LogP contribution in [0.4, 0.5) is 0 Å². The number of para-hydroxylation sites is 1. The Balaban J connectivity index is 1.73. The summed E-state index contributed by atoms with van der Waals surface area (Å²) < 4.78 is 32.5. The molecule has 0 spiro atoms. The van der Waals surface area contributed by atoms with E-state index in [1.165, 1.54) is 24.3 Å². The number of fused-ring (bicyclic) bond motifs is 1. The smallest absolute Gasteiger partial charge is 0.305 e. The Morgan fingerprint density at radius 2 is 1.66 bits per heavy atom. The minimum absolute atomic E-state index is 0.0432. The molecule has 0 aliphatic heterocycles. The van der Waals surface area contributed by atoms with Gasteiger partial charge in [-0.3, -0.25) is 20.4 Å². The van der Waals surface area contributed by atoms with Gasteiger partial charge in [0.2, 0.25) is 10.0 Å². The fourth-order valence-corrected chi connectivity index (χ4v) is 4.11. The molecule has 29 heavy (non-hydrogen) atoms. The minimum Gasteiger partial charge on any atom is -0.451 e. The van der Waals surface area contributed by atoms with Crippen LogP contribution >= 0.6 is 0 Å². The van der Waals surface area contributed by atoms with Gasteiger partial charge in [0.15, 0.2) is 5.76 Å². The molecule has 0 saturated carbocycles. The average molecular weight is 415 g/mol. The summed E-state index contributed by atoms with van der Waals surface area (Å²) in [7, 11) is -3.74. The lowest BCUT2D eigenvalue weighted by molar-refractivity contribution is 0.0831. The van der Waals surface area contributed by atoms with E-state index in [9.17, 15) is 18.0 Å². The molecule has 2 aromatic carbocycles. The highest BCUT2D eigenvalue weighted by molar-refractivity contribution is 7.89. The summed E-state index contributed by atoms with van der Waals surface area (Å²) in [6.07, 6.45) is 0. The van der Waals surface area contributed by atoms with Gasteiger partial charge in [-0.25, -0.2) is 13.1 Å². The molecule has 0 bridgehead atoms. The number of hydrazine groups is 1. The molecule has 152 valence electrons. The second-order valence-electron chi connectivity index (χ2n) is 6.76. The zero-order valence-electron chi connectivity index (χ0n) is 16.1. The van der Waals surface area contributed by atoms with E-state index in [2.05, 4.69) is 15.6 Å². The topological polar surface area (TPSA) is 118 Å². The summed E-state index contributed by atoms with van der Waals surface area (Å²) in [6, 6.07) is 12.4. The van der Waals surface area contributed by atoms with Gasteiger partial charge in [0.05, 0.1) is 4.90 Å². The van der Waals surface area contributed by atoms with Crippen molar-refractivity contribution < 1.29 is 22.4 Å². The van der Waals surface area contributed by atoms with E-state index < -0.39 is 21.8 Å². The SMILES string of the molecule is Cc1c(C(=O)NNC(=O)c2cccc(S(=O)(=O)NC(C)C)c2)oc2ccccc12. The molecule has 0 fully saturated rings. The molecule has 3 N–H and O–H groups in total. The van der Waals surface area contributed by atoms with E-state index in [4.69, 9.17) is 4.42 Å². The Kier molecular flexibility index (Phi) is 5.71. The monoisotopic (exact) mass is 415 g/mol. The summed E-state index contributed by atoms with van der Waals surface area (Å²) in [5.74, 6) is -1.19. The molecule has 0 aliphatic rings. The largest absolute Gasteiger partial charge is 0.451 e. The third-order valence-corrected chi connectivity index (χ3v) is 5.79. The fraction of sp³-hybridized carbons (Fsp3) is 0.200. The fourth-order valence-electron chi connectivity index (χ4n) is 2.82. The molecule has 3 rings (SSSR count). The lowest BCUT2D eigenvalue weighted by atomic mass is 10.1. The van der Waals surface area contributed by atoms with Crippen LogP contribution in [0.1, 0.15) is 40.3 Å². The van der Waals surface area contributed by atoms with E-state index in [0.717, 1.165) is 5.39 Å². The summed E-state index contributed by atoms with van der Waals surface area (Å²) in [5, 5.41) is 0.805. The summed E-state index contributed by atoms with van der Waals surface area (Å²) >= 11 is 0. The number of furan rings is 1. The number of amides is 2. The number of hydrogen-bond acceptors (Lipinski definition) is 5. The van der Waals surface area contributed by atoms with Gasteiger partial charge < -0.3 is 4.42 Å². The maximum atomic E-state index is 12.4. The molecule has 9 heteroatoms. The zero-order chi connectivity index (χ0) is 21.2. The lowest BCUT2D eigenvalue weighted by Gasteiger charge is -2.11. The number of carbonyl (C=O) groups excluding carboxylic acids is 2. The summed E-state index contributed by atoms with van der Waals surface area (Å²) in [5.41, 5.74) is 5.87. The Labute approximate surface area is 168 Å². The third kappa shape index (κ3) is 4.47. The standard InChI is InChI=1S/C20H21N3O5S/c1-12(2)23-29(26,27)15-8-6-7-14(11-15)19(24)21-22-20(25)18-13(3)16-9-4-5-10-17(16)28-18/h4-12,23H,1-3H3,(H,21,24)(H,22,25). The molecule has 3 aromatic rings. The first kappa shape index (κ1) is 20.6. The van der Waals surface area contributed by atoms with Crippen LogP contribution in [0.3, 0.4) is 0 Å². The number of aryl methyl sites for hydroxylation is 1. The second kappa shape index (κ2) is 8.06. The first-order chi connectivity index (χ1) is 13.7. The van der Waals surface area contributed by atoms with E-state index in [1.807, 2.05) is 12.1 Å². The molecule has 8 nitrogen and oxygen atoms in total. The van der Waals surface area contributed by atoms with E-state index in [-0.39, 0.29) is 22.3 Å². The molecule has 0 unspecified atom stereocenters. The molecular formula is C20H21N3O5S. The summed E-state index contributed by atoms with van der Waals surface area (Å²) in [6.45, 7) is 5.14. The average Bonchev–Trinajstić information content (AvgIpc) is 3.02. The van der Waals surface area contributed by atoms with Crippen LogP contribution in [0.2, 0.25) is 0 Å². The zero-order valence-corrected chi connectivity index (χ0v) is 17.0. The van der Waals surface area contributed by atoms with Crippen LogP contribution < -0.4 is 15.6 Å². The molecule has 1 heterocycles. The molecule has 0 aliphatic carbocycles. The minimum atomic E-state index is -3.74. The van der Waals surface area contributed by atoms with E-state index in [0.29, 0.717) is 11.1 Å². The normalized spacial score (nSPS) is 11.6. The predicted octanol–water partition coefficient (Wildman–Crippen LogP) is 2.50. The van der Waals surface area contributed by atoms with Crippen molar-refractivity contribution in [3.05, 3.63) is 65.4 Å². The number of carbonyl (C=O) groups is 2. The molecule has 0 radical (unpaired) electrons. The number of sulfonamides is 1. The third-order valence-electron chi connectivity index (χ3n) is 4.14. The number of benzene rings is 2. The van der Waals surface area contributed by atoms with Crippen LogP contribution in [0, 0.1) is 6.92 Å². The van der Waals surface area contributed by atoms with Crippen molar-refractivity contribution in [3.8, 4) is 0 Å². The van der Waals surface area contributed by atoms with Gasteiger partial charge in [-0.05, 0) is 45.0 Å². The highest BCUT2D eigenvalue weighted by Crippen LogP contribution is 2.24.